The number of benzene rings is 1. The minimum atomic E-state index is -0.310. The van der Waals surface area contributed by atoms with Crippen LogP contribution in [-0.4, -0.2) is 32.1 Å². The third-order valence-electron chi connectivity index (χ3n) is 3.24. The van der Waals surface area contributed by atoms with Crippen molar-refractivity contribution in [2.45, 2.75) is 12.5 Å². The van der Waals surface area contributed by atoms with Gasteiger partial charge in [-0.15, -0.1) is 0 Å². The summed E-state index contributed by atoms with van der Waals surface area (Å²) < 4.78 is 18.9. The van der Waals surface area contributed by atoms with Crippen molar-refractivity contribution in [2.24, 2.45) is 5.92 Å². The van der Waals surface area contributed by atoms with Crippen molar-refractivity contribution in [1.29, 1.82) is 0 Å². The van der Waals surface area contributed by atoms with E-state index in [1.807, 2.05) is 7.05 Å². The van der Waals surface area contributed by atoms with Crippen LogP contribution in [0.15, 0.2) is 22.7 Å². The fourth-order valence-corrected chi connectivity index (χ4v) is 2.63. The number of nitrogens with one attached hydrogen (secondary N) is 1. The molecule has 0 bridgehead atoms. The summed E-state index contributed by atoms with van der Waals surface area (Å²) in [4.78, 5) is 12.2. The molecular weight excluding hydrogens is 301 g/mol. The minimum Gasteiger partial charge on any atom is -0.379 e. The van der Waals surface area contributed by atoms with E-state index in [0.717, 1.165) is 5.56 Å². The van der Waals surface area contributed by atoms with Gasteiger partial charge in [0, 0.05) is 16.9 Å². The number of hydrogen-bond donors (Lipinski definition) is 1. The molecule has 2 unspecified atom stereocenters. The molecule has 1 aliphatic rings. The van der Waals surface area contributed by atoms with E-state index in [-0.39, 0.29) is 23.6 Å². The largest absolute Gasteiger partial charge is 0.379 e. The fourth-order valence-electron chi connectivity index (χ4n) is 2.14. The minimum absolute atomic E-state index is 0.0803. The zero-order valence-electron chi connectivity index (χ0n) is 10.1. The van der Waals surface area contributed by atoms with Crippen LogP contribution in [0, 0.1) is 11.7 Å². The summed E-state index contributed by atoms with van der Waals surface area (Å²) in [5.41, 5.74) is 0.808. The number of rotatable bonds is 4. The number of ether oxygens (including phenoxy) is 1. The van der Waals surface area contributed by atoms with E-state index in [1.54, 1.807) is 6.07 Å². The van der Waals surface area contributed by atoms with E-state index in [9.17, 15) is 9.18 Å². The van der Waals surface area contributed by atoms with E-state index in [0.29, 0.717) is 24.1 Å². The van der Waals surface area contributed by atoms with Crippen molar-refractivity contribution in [3.8, 4) is 0 Å². The Bertz CT molecular complexity index is 453. The third kappa shape index (κ3) is 2.96. The van der Waals surface area contributed by atoms with Crippen LogP contribution in [0.3, 0.4) is 0 Å². The molecule has 98 valence electrons. The van der Waals surface area contributed by atoms with Gasteiger partial charge in [-0.1, -0.05) is 22.0 Å². The summed E-state index contributed by atoms with van der Waals surface area (Å²) in [7, 11) is 1.83. The van der Waals surface area contributed by atoms with Crippen molar-refractivity contribution < 1.29 is 13.9 Å². The molecule has 0 radical (unpaired) electrons. The van der Waals surface area contributed by atoms with Crippen LogP contribution in [0.5, 0.6) is 0 Å². The highest BCUT2D eigenvalue weighted by molar-refractivity contribution is 9.10. The van der Waals surface area contributed by atoms with Crippen molar-refractivity contribution in [3.63, 3.8) is 0 Å². The monoisotopic (exact) mass is 315 g/mol. The lowest BCUT2D eigenvalue weighted by Gasteiger charge is -2.15. The Morgan fingerprint density at radius 1 is 1.56 bits per heavy atom. The van der Waals surface area contributed by atoms with Gasteiger partial charge in [-0.2, -0.15) is 0 Å². The van der Waals surface area contributed by atoms with Crippen LogP contribution >= 0.6 is 15.9 Å². The van der Waals surface area contributed by atoms with Crippen LogP contribution in [0.2, 0.25) is 0 Å². The first-order valence-electron chi connectivity index (χ1n) is 5.83. The molecule has 3 nitrogen and oxygen atoms in total. The normalized spacial score (nSPS) is 23.3. The average Bonchev–Trinajstić information content (AvgIpc) is 2.81. The number of carbonyl (C=O) groups is 1. The topological polar surface area (TPSA) is 38.3 Å². The van der Waals surface area contributed by atoms with Crippen molar-refractivity contribution in [3.05, 3.63) is 34.1 Å². The third-order valence-corrected chi connectivity index (χ3v) is 3.98. The molecule has 1 aromatic carbocycles. The van der Waals surface area contributed by atoms with Gasteiger partial charge < -0.3 is 10.1 Å². The number of halogens is 2. The van der Waals surface area contributed by atoms with Gasteiger partial charge in [-0.05, 0) is 24.7 Å². The van der Waals surface area contributed by atoms with Gasteiger partial charge in [-0.3, -0.25) is 4.79 Å². The maximum absolute atomic E-state index is 13.0. The molecule has 18 heavy (non-hydrogen) atoms. The zero-order chi connectivity index (χ0) is 13.1. The highest BCUT2D eigenvalue weighted by atomic mass is 79.9. The first-order chi connectivity index (χ1) is 8.61. The molecule has 2 atom stereocenters. The smallest absolute Gasteiger partial charge is 0.144 e. The van der Waals surface area contributed by atoms with Gasteiger partial charge in [0.05, 0.1) is 19.1 Å². The number of likely N-dealkylation sites (N-methyl/N-ethyl adjacent to an activating group) is 1. The summed E-state index contributed by atoms with van der Waals surface area (Å²) in [5.74, 6) is -0.304. The lowest BCUT2D eigenvalue weighted by molar-refractivity contribution is -0.122. The zero-order valence-corrected chi connectivity index (χ0v) is 11.7. The Morgan fingerprint density at radius 2 is 2.33 bits per heavy atom. The molecule has 0 saturated carbocycles. The molecule has 0 aliphatic carbocycles. The summed E-state index contributed by atoms with van der Waals surface area (Å²) in [6.45, 7) is 1.03. The van der Waals surface area contributed by atoms with Crippen molar-refractivity contribution in [2.75, 3.05) is 20.3 Å². The molecule has 5 heteroatoms. The summed E-state index contributed by atoms with van der Waals surface area (Å²) in [6, 6.07) is 4.47. The van der Waals surface area contributed by atoms with Gasteiger partial charge in [0.25, 0.3) is 0 Å². The van der Waals surface area contributed by atoms with Gasteiger partial charge in [0.15, 0.2) is 0 Å². The van der Waals surface area contributed by atoms with Crippen molar-refractivity contribution in [1.82, 2.24) is 5.32 Å². The quantitative estimate of drug-likeness (QED) is 0.922. The predicted molar refractivity (Wildman–Crippen MR) is 70.0 cm³/mol. The Labute approximate surface area is 114 Å². The maximum atomic E-state index is 13.0. The molecule has 1 saturated heterocycles. The van der Waals surface area contributed by atoms with Gasteiger partial charge in [-0.25, -0.2) is 4.39 Å². The molecule has 0 spiro atoms. The molecule has 0 amide bonds. The highest BCUT2D eigenvalue weighted by Crippen LogP contribution is 2.22. The molecule has 1 aromatic rings. The van der Waals surface area contributed by atoms with Crippen LogP contribution < -0.4 is 5.32 Å². The first-order valence-corrected chi connectivity index (χ1v) is 6.62. The summed E-state index contributed by atoms with van der Waals surface area (Å²) in [6.07, 6.45) is 0.299. The Balaban J connectivity index is 2.07. The Kier molecular flexibility index (Phi) is 4.48. The average molecular weight is 316 g/mol. The molecule has 1 N–H and O–H groups in total. The SMILES string of the molecule is CNC1COCC1C(=O)Cc1ccc(F)cc1Br. The van der Waals surface area contributed by atoms with E-state index >= 15 is 0 Å². The van der Waals surface area contributed by atoms with E-state index in [4.69, 9.17) is 4.74 Å². The first kappa shape index (κ1) is 13.6. The second-order valence-electron chi connectivity index (χ2n) is 4.42. The lowest BCUT2D eigenvalue weighted by atomic mass is 9.94. The van der Waals surface area contributed by atoms with E-state index in [2.05, 4.69) is 21.2 Å². The molecule has 1 fully saturated rings. The molecule has 1 aliphatic heterocycles. The molecule has 1 heterocycles. The maximum Gasteiger partial charge on any atom is 0.144 e. The predicted octanol–water partition coefficient (Wildman–Crippen LogP) is 1.93. The number of carbonyl (C=O) groups excluding carboxylic acids is 1. The van der Waals surface area contributed by atoms with Crippen molar-refractivity contribution >= 4 is 21.7 Å². The highest BCUT2D eigenvalue weighted by Gasteiger charge is 2.32. The molecular formula is C13H15BrFNO2. The number of Topliss-reactive ketones (excluding diaryl/α,β-unsaturated/α-hetero) is 1. The number of hydrogen-bond acceptors (Lipinski definition) is 3. The van der Waals surface area contributed by atoms with Gasteiger partial charge in [0.2, 0.25) is 0 Å². The van der Waals surface area contributed by atoms with E-state index in [1.165, 1.54) is 12.1 Å². The van der Waals surface area contributed by atoms with E-state index < -0.39 is 0 Å². The van der Waals surface area contributed by atoms with Crippen LogP contribution in [0.1, 0.15) is 5.56 Å². The Hall–Kier alpha value is -0.780. The lowest BCUT2D eigenvalue weighted by Crippen LogP contribution is -2.37. The van der Waals surface area contributed by atoms with Crippen LogP contribution in [-0.2, 0) is 16.0 Å². The van der Waals surface area contributed by atoms with Crippen LogP contribution in [0.4, 0.5) is 4.39 Å². The fraction of sp³-hybridized carbons (Fsp3) is 0.462. The van der Waals surface area contributed by atoms with Crippen LogP contribution in [0.25, 0.3) is 0 Å². The van der Waals surface area contributed by atoms with Gasteiger partial charge >= 0.3 is 0 Å². The summed E-state index contributed by atoms with van der Waals surface area (Å²) in [5, 5.41) is 3.09. The number of ketones is 1. The Morgan fingerprint density at radius 3 is 3.00 bits per heavy atom. The van der Waals surface area contributed by atoms with Gasteiger partial charge in [0.1, 0.15) is 11.6 Å². The standard InChI is InChI=1S/C13H15BrFNO2/c1-16-12-7-18-6-10(12)13(17)4-8-2-3-9(15)5-11(8)14/h2-3,5,10,12,16H,4,6-7H2,1H3. The second kappa shape index (κ2) is 5.91. The second-order valence-corrected chi connectivity index (χ2v) is 5.27. The molecule has 2 rings (SSSR count). The summed E-state index contributed by atoms with van der Waals surface area (Å²) >= 11 is 3.28. The molecule has 0 aromatic heterocycles.